The lowest BCUT2D eigenvalue weighted by Gasteiger charge is -2.32. The highest BCUT2D eigenvalue weighted by Crippen LogP contribution is 2.17. The Hall–Kier alpha value is -0.570. The van der Waals surface area contributed by atoms with Crippen LogP contribution in [0.25, 0.3) is 0 Å². The van der Waals surface area contributed by atoms with E-state index in [-0.39, 0.29) is 5.92 Å². The zero-order valence-electron chi connectivity index (χ0n) is 9.55. The van der Waals surface area contributed by atoms with E-state index in [1.165, 1.54) is 0 Å². The highest BCUT2D eigenvalue weighted by molar-refractivity contribution is 5.79. The predicted octanol–water partition coefficient (Wildman–Crippen LogP) is 1.24. The molecule has 1 amide bonds. The maximum atomic E-state index is 11.8. The number of piperidine rings is 1. The topological polar surface area (TPSA) is 32.3 Å². The van der Waals surface area contributed by atoms with Crippen LogP contribution in [-0.4, -0.2) is 36.5 Å². The average molecular weight is 198 g/mol. The van der Waals surface area contributed by atoms with E-state index in [0.29, 0.717) is 11.9 Å². The summed E-state index contributed by atoms with van der Waals surface area (Å²) in [6, 6.07) is 0.411. The van der Waals surface area contributed by atoms with E-state index >= 15 is 0 Å². The number of nitrogens with one attached hydrogen (secondary N) is 1. The summed E-state index contributed by atoms with van der Waals surface area (Å²) >= 11 is 0. The Morgan fingerprint density at radius 2 is 2.36 bits per heavy atom. The largest absolute Gasteiger partial charge is 0.341 e. The lowest BCUT2D eigenvalue weighted by atomic mass is 9.99. The maximum absolute atomic E-state index is 11.8. The third-order valence-corrected chi connectivity index (χ3v) is 2.85. The molecule has 1 N–H and O–H groups in total. The van der Waals surface area contributed by atoms with Crippen LogP contribution < -0.4 is 5.32 Å². The van der Waals surface area contributed by atoms with Crippen LogP contribution in [-0.2, 0) is 4.79 Å². The first-order valence-corrected chi connectivity index (χ1v) is 5.67. The fourth-order valence-corrected chi connectivity index (χ4v) is 2.06. The summed E-state index contributed by atoms with van der Waals surface area (Å²) < 4.78 is 0. The van der Waals surface area contributed by atoms with Crippen molar-refractivity contribution < 1.29 is 4.79 Å². The number of likely N-dealkylation sites (N-methyl/N-ethyl adjacent to an activating group) is 1. The molecule has 3 heteroatoms. The maximum Gasteiger partial charge on any atom is 0.225 e. The van der Waals surface area contributed by atoms with Crippen molar-refractivity contribution in [3.05, 3.63) is 0 Å². The molecule has 1 aliphatic heterocycles. The average Bonchev–Trinajstić information content (AvgIpc) is 2.13. The molecule has 0 spiro atoms. The minimum absolute atomic E-state index is 0.234. The zero-order valence-corrected chi connectivity index (χ0v) is 9.55. The first-order chi connectivity index (χ1) is 6.65. The van der Waals surface area contributed by atoms with E-state index < -0.39 is 0 Å². The van der Waals surface area contributed by atoms with Crippen molar-refractivity contribution in [3.8, 4) is 0 Å². The van der Waals surface area contributed by atoms with Crippen LogP contribution in [0.15, 0.2) is 0 Å². The second-order valence-electron chi connectivity index (χ2n) is 4.29. The van der Waals surface area contributed by atoms with Gasteiger partial charge in [0.2, 0.25) is 5.91 Å². The lowest BCUT2D eigenvalue weighted by Crippen LogP contribution is -2.46. The monoisotopic (exact) mass is 198 g/mol. The van der Waals surface area contributed by atoms with Gasteiger partial charge in [0.25, 0.3) is 0 Å². The molecule has 2 unspecified atom stereocenters. The van der Waals surface area contributed by atoms with Crippen molar-refractivity contribution >= 4 is 5.91 Å². The summed E-state index contributed by atoms with van der Waals surface area (Å²) in [6.45, 7) is 9.04. The van der Waals surface area contributed by atoms with Crippen LogP contribution in [0.5, 0.6) is 0 Å². The van der Waals surface area contributed by atoms with Crippen LogP contribution in [0, 0.1) is 5.92 Å². The minimum atomic E-state index is 0.234. The number of carbonyl (C=O) groups excluding carboxylic acids is 1. The molecule has 0 bridgehead atoms. The number of amides is 1. The molecule has 0 aliphatic carbocycles. The number of hydrogen-bond acceptors (Lipinski definition) is 2. The van der Waals surface area contributed by atoms with Crippen LogP contribution in [0.1, 0.15) is 33.6 Å². The number of hydrogen-bond donors (Lipinski definition) is 1. The fraction of sp³-hybridized carbons (Fsp3) is 0.909. The molecule has 14 heavy (non-hydrogen) atoms. The summed E-state index contributed by atoms with van der Waals surface area (Å²) in [5.74, 6) is 0.568. The molecule has 0 aromatic heterocycles. The predicted molar refractivity (Wildman–Crippen MR) is 58.1 cm³/mol. The molecule has 1 rings (SSSR count). The summed E-state index contributed by atoms with van der Waals surface area (Å²) in [6.07, 6.45) is 2.22. The molecule has 0 aromatic rings. The molecular weight excluding hydrogens is 176 g/mol. The van der Waals surface area contributed by atoms with Gasteiger partial charge >= 0.3 is 0 Å². The van der Waals surface area contributed by atoms with E-state index in [1.807, 2.05) is 11.8 Å². The summed E-state index contributed by atoms with van der Waals surface area (Å²) in [5, 5.41) is 3.33. The van der Waals surface area contributed by atoms with Gasteiger partial charge in [0.05, 0.1) is 0 Å². The van der Waals surface area contributed by atoms with Gasteiger partial charge in [-0.15, -0.1) is 0 Å². The van der Waals surface area contributed by atoms with Crippen LogP contribution >= 0.6 is 0 Å². The molecule has 0 saturated carbocycles. The van der Waals surface area contributed by atoms with Gasteiger partial charge in [-0.05, 0) is 26.3 Å². The van der Waals surface area contributed by atoms with Crippen LogP contribution in [0.2, 0.25) is 0 Å². The molecular formula is C11H22N2O. The number of likely N-dealkylation sites (tertiary alicyclic amines) is 1. The number of rotatable bonds is 4. The first-order valence-electron chi connectivity index (χ1n) is 5.67. The van der Waals surface area contributed by atoms with Gasteiger partial charge < -0.3 is 10.2 Å². The Kier molecular flexibility index (Phi) is 4.39. The SMILES string of the molecule is CCNC(C)CN1CCCC(C)C1=O. The summed E-state index contributed by atoms with van der Waals surface area (Å²) in [5.41, 5.74) is 0. The summed E-state index contributed by atoms with van der Waals surface area (Å²) in [4.78, 5) is 13.8. The molecule has 82 valence electrons. The normalized spacial score (nSPS) is 25.2. The Balaban J connectivity index is 2.39. The van der Waals surface area contributed by atoms with Crippen molar-refractivity contribution in [3.63, 3.8) is 0 Å². The molecule has 1 aliphatic rings. The van der Waals surface area contributed by atoms with Crippen LogP contribution in [0.3, 0.4) is 0 Å². The molecule has 0 aromatic carbocycles. The molecule has 1 heterocycles. The fourth-order valence-electron chi connectivity index (χ4n) is 2.06. The molecule has 2 atom stereocenters. The van der Waals surface area contributed by atoms with Crippen molar-refractivity contribution in [2.75, 3.05) is 19.6 Å². The number of carbonyl (C=O) groups is 1. The molecule has 0 radical (unpaired) electrons. The summed E-state index contributed by atoms with van der Waals surface area (Å²) in [7, 11) is 0. The quantitative estimate of drug-likeness (QED) is 0.737. The Morgan fingerprint density at radius 1 is 1.64 bits per heavy atom. The number of nitrogens with zero attached hydrogens (tertiary/aromatic N) is 1. The van der Waals surface area contributed by atoms with E-state index in [9.17, 15) is 4.79 Å². The van der Waals surface area contributed by atoms with Gasteiger partial charge in [-0.2, -0.15) is 0 Å². The molecule has 1 saturated heterocycles. The van der Waals surface area contributed by atoms with Gasteiger partial charge in [0, 0.05) is 25.0 Å². The van der Waals surface area contributed by atoms with E-state index in [0.717, 1.165) is 32.5 Å². The van der Waals surface area contributed by atoms with E-state index in [2.05, 4.69) is 19.2 Å². The van der Waals surface area contributed by atoms with Crippen molar-refractivity contribution in [1.82, 2.24) is 10.2 Å². The Labute approximate surface area is 86.9 Å². The first kappa shape index (κ1) is 11.5. The van der Waals surface area contributed by atoms with Gasteiger partial charge in [0.1, 0.15) is 0 Å². The highest BCUT2D eigenvalue weighted by atomic mass is 16.2. The van der Waals surface area contributed by atoms with Gasteiger partial charge in [-0.1, -0.05) is 13.8 Å². The molecule has 3 nitrogen and oxygen atoms in total. The van der Waals surface area contributed by atoms with E-state index in [1.54, 1.807) is 0 Å². The molecule has 1 fully saturated rings. The van der Waals surface area contributed by atoms with Gasteiger partial charge in [0.15, 0.2) is 0 Å². The minimum Gasteiger partial charge on any atom is -0.341 e. The third-order valence-electron chi connectivity index (χ3n) is 2.85. The highest BCUT2D eigenvalue weighted by Gasteiger charge is 2.25. The van der Waals surface area contributed by atoms with E-state index in [4.69, 9.17) is 0 Å². The smallest absolute Gasteiger partial charge is 0.225 e. The Morgan fingerprint density at radius 3 is 3.00 bits per heavy atom. The van der Waals surface area contributed by atoms with Crippen molar-refractivity contribution in [2.45, 2.75) is 39.7 Å². The van der Waals surface area contributed by atoms with Crippen molar-refractivity contribution in [1.29, 1.82) is 0 Å². The third kappa shape index (κ3) is 2.98. The second-order valence-corrected chi connectivity index (χ2v) is 4.29. The van der Waals surface area contributed by atoms with Gasteiger partial charge in [-0.25, -0.2) is 0 Å². The Bertz CT molecular complexity index is 194. The van der Waals surface area contributed by atoms with Crippen molar-refractivity contribution in [2.24, 2.45) is 5.92 Å². The second kappa shape index (κ2) is 5.35. The van der Waals surface area contributed by atoms with Gasteiger partial charge in [-0.3, -0.25) is 4.79 Å². The standard InChI is InChI=1S/C11H22N2O/c1-4-12-10(3)8-13-7-5-6-9(2)11(13)14/h9-10,12H,4-8H2,1-3H3. The zero-order chi connectivity index (χ0) is 10.6. The van der Waals surface area contributed by atoms with Crippen LogP contribution in [0.4, 0.5) is 0 Å². The lowest BCUT2D eigenvalue weighted by molar-refractivity contribution is -0.138.